The summed E-state index contributed by atoms with van der Waals surface area (Å²) in [4.78, 5) is 6.60. The van der Waals surface area contributed by atoms with Crippen molar-refractivity contribution < 1.29 is 0 Å². The van der Waals surface area contributed by atoms with Crippen LogP contribution in [-0.4, -0.2) is 18.1 Å². The smallest absolute Gasteiger partial charge is 0.123 e. The topological polar surface area (TPSA) is 40.2 Å². The average Bonchev–Trinajstić information content (AvgIpc) is 3.17. The molecule has 0 radical (unpaired) electrons. The first-order valence-corrected chi connectivity index (χ1v) is 7.22. The lowest BCUT2D eigenvalue weighted by atomic mass is 10.1. The molecule has 0 saturated carbocycles. The van der Waals surface area contributed by atoms with E-state index in [-0.39, 0.29) is 6.17 Å². The minimum Gasteiger partial charge on any atom is -0.372 e. The van der Waals surface area contributed by atoms with Crippen LogP contribution >= 0.6 is 0 Å². The van der Waals surface area contributed by atoms with Crippen molar-refractivity contribution in [2.45, 2.75) is 19.0 Å². The molecule has 1 unspecified atom stereocenters. The number of hydrogen-bond donors (Lipinski definition) is 2. The van der Waals surface area contributed by atoms with Crippen molar-refractivity contribution in [3.05, 3.63) is 48.3 Å². The lowest BCUT2D eigenvalue weighted by molar-refractivity contribution is 0.932. The van der Waals surface area contributed by atoms with Gasteiger partial charge in [0, 0.05) is 25.0 Å². The van der Waals surface area contributed by atoms with Gasteiger partial charge in [0.15, 0.2) is 0 Å². The van der Waals surface area contributed by atoms with Gasteiger partial charge < -0.3 is 15.5 Å². The van der Waals surface area contributed by atoms with Crippen LogP contribution in [0.1, 0.15) is 24.6 Å². The third-order valence-electron chi connectivity index (χ3n) is 4.12. The van der Waals surface area contributed by atoms with Gasteiger partial charge in [-0.1, -0.05) is 12.1 Å². The van der Waals surface area contributed by atoms with Crippen LogP contribution in [0.15, 0.2) is 42.7 Å². The van der Waals surface area contributed by atoms with Gasteiger partial charge in [0.1, 0.15) is 6.17 Å². The summed E-state index contributed by atoms with van der Waals surface area (Å²) in [5.41, 5.74) is 4.78. The van der Waals surface area contributed by atoms with E-state index in [9.17, 15) is 0 Å². The molecule has 0 bridgehead atoms. The van der Waals surface area contributed by atoms with Crippen molar-refractivity contribution in [1.29, 1.82) is 0 Å². The van der Waals surface area contributed by atoms with E-state index in [0.29, 0.717) is 0 Å². The number of nitrogens with zero attached hydrogens (tertiary/aromatic N) is 2. The second-order valence-electron chi connectivity index (χ2n) is 5.43. The highest BCUT2D eigenvalue weighted by molar-refractivity contribution is 5.73. The van der Waals surface area contributed by atoms with Gasteiger partial charge in [-0.2, -0.15) is 0 Å². The molecule has 0 spiro atoms. The number of hydrogen-bond acceptors (Lipinski definition) is 4. The third kappa shape index (κ3) is 1.97. The van der Waals surface area contributed by atoms with Crippen LogP contribution in [0.5, 0.6) is 0 Å². The van der Waals surface area contributed by atoms with Gasteiger partial charge in [-0.25, -0.2) is 0 Å². The summed E-state index contributed by atoms with van der Waals surface area (Å²) in [5, 5.41) is 6.93. The van der Waals surface area contributed by atoms with E-state index < -0.39 is 0 Å². The Labute approximate surface area is 118 Å². The molecule has 102 valence electrons. The van der Waals surface area contributed by atoms with Crippen molar-refractivity contribution in [2.75, 3.05) is 28.6 Å². The van der Waals surface area contributed by atoms with Gasteiger partial charge in [-0.05, 0) is 36.6 Å². The largest absolute Gasteiger partial charge is 0.372 e. The summed E-state index contributed by atoms with van der Waals surface area (Å²) < 4.78 is 0. The quantitative estimate of drug-likeness (QED) is 0.875. The highest BCUT2D eigenvalue weighted by Gasteiger charge is 2.21. The summed E-state index contributed by atoms with van der Waals surface area (Å²) in [6, 6.07) is 10.9. The van der Waals surface area contributed by atoms with Gasteiger partial charge in [0.25, 0.3) is 0 Å². The minimum atomic E-state index is 0.141. The first-order chi connectivity index (χ1) is 9.90. The number of rotatable bonds is 2. The fourth-order valence-electron chi connectivity index (χ4n) is 3.00. The maximum absolute atomic E-state index is 4.14. The Balaban J connectivity index is 1.53. The Morgan fingerprint density at radius 3 is 2.45 bits per heavy atom. The predicted octanol–water partition coefficient (Wildman–Crippen LogP) is 3.22. The lowest BCUT2D eigenvalue weighted by Gasteiger charge is -2.19. The standard InChI is InChI=1S/C16H18N4/c1-2-10-20(9-1)13-5-3-12(4-6-13)16-18-14-7-8-17-11-15(14)19-16/h3-8,11,16,18-19H,1-2,9-10H2. The number of anilines is 3. The molecule has 2 N–H and O–H groups in total. The van der Waals surface area contributed by atoms with E-state index >= 15 is 0 Å². The molecule has 1 saturated heterocycles. The molecule has 3 heterocycles. The fraction of sp³-hybridized carbons (Fsp3) is 0.312. The van der Waals surface area contributed by atoms with E-state index in [2.05, 4.69) is 44.8 Å². The Hall–Kier alpha value is -2.23. The number of nitrogens with one attached hydrogen (secondary N) is 2. The maximum atomic E-state index is 4.14. The molecule has 4 nitrogen and oxygen atoms in total. The molecule has 4 heteroatoms. The maximum Gasteiger partial charge on any atom is 0.123 e. The molecule has 0 amide bonds. The van der Waals surface area contributed by atoms with Crippen LogP contribution in [0.4, 0.5) is 17.1 Å². The molecule has 0 aliphatic carbocycles. The Bertz CT molecular complexity index is 577. The molecule has 2 aromatic rings. The van der Waals surface area contributed by atoms with Gasteiger partial charge in [0.05, 0.1) is 17.6 Å². The highest BCUT2D eigenvalue weighted by Crippen LogP contribution is 2.34. The molecule has 2 aliphatic rings. The van der Waals surface area contributed by atoms with E-state index in [1.54, 1.807) is 0 Å². The van der Waals surface area contributed by atoms with Crippen LogP contribution in [0.3, 0.4) is 0 Å². The molecule has 1 aromatic carbocycles. The molecular weight excluding hydrogens is 248 g/mol. The summed E-state index contributed by atoms with van der Waals surface area (Å²) in [6.45, 7) is 2.38. The molecule has 1 aromatic heterocycles. The number of benzene rings is 1. The summed E-state index contributed by atoms with van der Waals surface area (Å²) in [5.74, 6) is 0. The summed E-state index contributed by atoms with van der Waals surface area (Å²) >= 11 is 0. The zero-order valence-electron chi connectivity index (χ0n) is 11.3. The van der Waals surface area contributed by atoms with Crippen molar-refractivity contribution >= 4 is 17.1 Å². The van der Waals surface area contributed by atoms with Gasteiger partial charge >= 0.3 is 0 Å². The lowest BCUT2D eigenvalue weighted by Crippen LogP contribution is -2.18. The van der Waals surface area contributed by atoms with Crippen molar-refractivity contribution in [1.82, 2.24) is 4.98 Å². The zero-order valence-corrected chi connectivity index (χ0v) is 11.3. The number of pyridine rings is 1. The van der Waals surface area contributed by atoms with Crippen LogP contribution in [0, 0.1) is 0 Å². The first kappa shape index (κ1) is 11.6. The molecular formula is C16H18N4. The molecule has 1 fully saturated rings. The zero-order chi connectivity index (χ0) is 13.4. The SMILES string of the molecule is c1cc2c(cn1)NC(c1ccc(N3CCCC3)cc1)N2. The number of fused-ring (bicyclic) bond motifs is 1. The summed E-state index contributed by atoms with van der Waals surface area (Å²) in [6.07, 6.45) is 6.45. The van der Waals surface area contributed by atoms with Crippen LogP contribution in [-0.2, 0) is 0 Å². The van der Waals surface area contributed by atoms with Crippen LogP contribution in [0.25, 0.3) is 0 Å². The second kappa shape index (κ2) is 4.71. The van der Waals surface area contributed by atoms with Crippen molar-refractivity contribution in [3.8, 4) is 0 Å². The van der Waals surface area contributed by atoms with Gasteiger partial charge in [-0.15, -0.1) is 0 Å². The normalized spacial score (nSPS) is 20.4. The highest BCUT2D eigenvalue weighted by atomic mass is 15.2. The molecule has 2 aliphatic heterocycles. The molecule has 4 rings (SSSR count). The molecule has 20 heavy (non-hydrogen) atoms. The Morgan fingerprint density at radius 2 is 1.70 bits per heavy atom. The first-order valence-electron chi connectivity index (χ1n) is 7.22. The average molecular weight is 266 g/mol. The fourth-order valence-corrected chi connectivity index (χ4v) is 3.00. The van der Waals surface area contributed by atoms with Gasteiger partial charge in [0.2, 0.25) is 0 Å². The Morgan fingerprint density at radius 1 is 0.950 bits per heavy atom. The minimum absolute atomic E-state index is 0.141. The van der Waals surface area contributed by atoms with Crippen LogP contribution < -0.4 is 15.5 Å². The van der Waals surface area contributed by atoms with Crippen molar-refractivity contribution in [3.63, 3.8) is 0 Å². The van der Waals surface area contributed by atoms with Crippen LogP contribution in [0.2, 0.25) is 0 Å². The third-order valence-corrected chi connectivity index (χ3v) is 4.12. The van der Waals surface area contributed by atoms with Gasteiger partial charge in [-0.3, -0.25) is 4.98 Å². The van der Waals surface area contributed by atoms with Crippen molar-refractivity contribution in [2.24, 2.45) is 0 Å². The predicted molar refractivity (Wildman–Crippen MR) is 82.1 cm³/mol. The molecule has 1 atom stereocenters. The second-order valence-corrected chi connectivity index (χ2v) is 5.43. The van der Waals surface area contributed by atoms with E-state index in [0.717, 1.165) is 11.4 Å². The number of aromatic nitrogens is 1. The van der Waals surface area contributed by atoms with E-state index in [1.807, 2.05) is 18.5 Å². The van der Waals surface area contributed by atoms with E-state index in [1.165, 1.54) is 37.2 Å². The monoisotopic (exact) mass is 266 g/mol. The summed E-state index contributed by atoms with van der Waals surface area (Å²) in [7, 11) is 0. The van der Waals surface area contributed by atoms with E-state index in [4.69, 9.17) is 0 Å². The Kier molecular flexibility index (Phi) is 2.73.